The van der Waals surface area contributed by atoms with Gasteiger partial charge in [0.05, 0.1) is 12.5 Å². The third-order valence-corrected chi connectivity index (χ3v) is 0.935. The summed E-state index contributed by atoms with van der Waals surface area (Å²) in [5.41, 5.74) is 0. The van der Waals surface area contributed by atoms with Crippen LogP contribution in [0.4, 0.5) is 0 Å². The van der Waals surface area contributed by atoms with Gasteiger partial charge in [0, 0.05) is 0 Å². The minimum absolute atomic E-state index is 0.179. The van der Waals surface area contributed by atoms with Crippen LogP contribution in [-0.4, -0.2) is 24.6 Å². The van der Waals surface area contributed by atoms with E-state index in [0.29, 0.717) is 0 Å². The maximum absolute atomic E-state index is 10.8. The molecule has 0 heterocycles. The molecule has 0 aromatic rings. The van der Waals surface area contributed by atoms with E-state index in [2.05, 4.69) is 4.74 Å². The fourth-order valence-corrected chi connectivity index (χ4v) is 0.510. The van der Waals surface area contributed by atoms with Crippen molar-refractivity contribution in [2.75, 3.05) is 6.61 Å². The van der Waals surface area contributed by atoms with E-state index in [0.717, 1.165) is 0 Å². The van der Waals surface area contributed by atoms with Gasteiger partial charge in [0.1, 0.15) is 0 Å². The maximum atomic E-state index is 10.8. The lowest BCUT2D eigenvalue weighted by Crippen LogP contribution is -2.19. The molecule has 0 rings (SSSR count). The second-order valence-electron chi connectivity index (χ2n) is 2.44. The highest BCUT2D eigenvalue weighted by Gasteiger charge is 2.07. The van der Waals surface area contributed by atoms with Gasteiger partial charge in [-0.05, 0) is 13.8 Å². The number of hydrogen-bond donors (Lipinski definition) is 0. The molecule has 0 bridgehead atoms. The highest BCUT2D eigenvalue weighted by Crippen LogP contribution is 1.90. The Balaban J connectivity index is 3.51. The van der Waals surface area contributed by atoms with Gasteiger partial charge in [-0.3, -0.25) is 4.79 Å². The molecule has 0 aliphatic carbocycles. The number of rotatable bonds is 4. The molecule has 0 spiro atoms. The summed E-state index contributed by atoms with van der Waals surface area (Å²) in [5, 5.41) is 0. The molecule has 0 saturated heterocycles. The summed E-state index contributed by atoms with van der Waals surface area (Å²) in [6.07, 6.45) is 1.06. The summed E-state index contributed by atoms with van der Waals surface area (Å²) < 4.78 is 9.20. The zero-order chi connectivity index (χ0) is 9.56. The number of carbonyl (C=O) groups is 2. The molecule has 69 valence electrons. The van der Waals surface area contributed by atoms with Crippen LogP contribution < -0.4 is 0 Å². The minimum Gasteiger partial charge on any atom is -0.460 e. The van der Waals surface area contributed by atoms with Crippen molar-refractivity contribution < 1.29 is 19.1 Å². The first-order valence-corrected chi connectivity index (χ1v) is 3.72. The molecule has 0 unspecified atom stereocenters. The molecule has 0 aliphatic rings. The summed E-state index contributed by atoms with van der Waals surface area (Å²) in [6, 6.07) is 0. The van der Waals surface area contributed by atoms with Crippen molar-refractivity contribution in [3.05, 3.63) is 6.42 Å². The first-order valence-electron chi connectivity index (χ1n) is 3.72. The number of hydrogen-bond acceptors (Lipinski definition) is 4. The van der Waals surface area contributed by atoms with Crippen molar-refractivity contribution in [3.63, 3.8) is 0 Å². The van der Waals surface area contributed by atoms with Crippen LogP contribution in [0.15, 0.2) is 0 Å². The van der Waals surface area contributed by atoms with Crippen LogP contribution in [0.1, 0.15) is 20.8 Å². The summed E-state index contributed by atoms with van der Waals surface area (Å²) in [4.78, 5) is 21.3. The zero-order valence-corrected chi connectivity index (χ0v) is 7.49. The summed E-state index contributed by atoms with van der Waals surface area (Å²) in [6.45, 7) is 4.68. The first kappa shape index (κ1) is 10.9. The lowest BCUT2D eigenvalue weighted by atomic mass is 10.5. The van der Waals surface area contributed by atoms with E-state index in [1.165, 1.54) is 13.3 Å². The fourth-order valence-electron chi connectivity index (χ4n) is 0.510. The quantitative estimate of drug-likeness (QED) is 0.587. The lowest BCUT2D eigenvalue weighted by Gasteiger charge is -2.07. The lowest BCUT2D eigenvalue weighted by molar-refractivity contribution is -0.159. The van der Waals surface area contributed by atoms with E-state index in [9.17, 15) is 9.59 Å². The van der Waals surface area contributed by atoms with Crippen molar-refractivity contribution in [3.8, 4) is 0 Å². The Morgan fingerprint density at radius 3 is 2.42 bits per heavy atom. The smallest absolute Gasteiger partial charge is 0.344 e. The Morgan fingerprint density at radius 1 is 1.42 bits per heavy atom. The van der Waals surface area contributed by atoms with Gasteiger partial charge in [-0.25, -0.2) is 4.79 Å². The van der Waals surface area contributed by atoms with Crippen LogP contribution in [0.2, 0.25) is 0 Å². The van der Waals surface area contributed by atoms with Gasteiger partial charge in [-0.2, -0.15) is 0 Å². The zero-order valence-electron chi connectivity index (χ0n) is 7.49. The van der Waals surface area contributed by atoms with Crippen molar-refractivity contribution in [1.82, 2.24) is 0 Å². The second-order valence-corrected chi connectivity index (χ2v) is 2.44. The molecule has 4 heteroatoms. The summed E-state index contributed by atoms with van der Waals surface area (Å²) >= 11 is 0. The van der Waals surface area contributed by atoms with Crippen molar-refractivity contribution >= 4 is 11.9 Å². The second kappa shape index (κ2) is 5.57. The van der Waals surface area contributed by atoms with Gasteiger partial charge in [0.25, 0.3) is 0 Å². The molecular formula is C8H13O4. The van der Waals surface area contributed by atoms with Gasteiger partial charge in [-0.15, -0.1) is 0 Å². The molecule has 0 aliphatic heterocycles. The molecule has 0 aromatic carbocycles. The topological polar surface area (TPSA) is 52.6 Å². The molecule has 0 aromatic heterocycles. The van der Waals surface area contributed by atoms with E-state index >= 15 is 0 Å². The third-order valence-electron chi connectivity index (χ3n) is 0.935. The van der Waals surface area contributed by atoms with Crippen LogP contribution in [0.3, 0.4) is 0 Å². The Bertz CT molecular complexity index is 162. The van der Waals surface area contributed by atoms with Crippen LogP contribution in [-0.2, 0) is 19.1 Å². The predicted octanol–water partition coefficient (Wildman–Crippen LogP) is 0.705. The predicted molar refractivity (Wildman–Crippen MR) is 42.2 cm³/mol. The largest absolute Gasteiger partial charge is 0.460 e. The molecular weight excluding hydrogens is 160 g/mol. The van der Waals surface area contributed by atoms with E-state index < -0.39 is 11.9 Å². The van der Waals surface area contributed by atoms with Gasteiger partial charge < -0.3 is 9.47 Å². The van der Waals surface area contributed by atoms with Gasteiger partial charge >= 0.3 is 11.9 Å². The number of esters is 2. The van der Waals surface area contributed by atoms with E-state index in [1.54, 1.807) is 13.8 Å². The molecule has 0 atom stereocenters. The van der Waals surface area contributed by atoms with Crippen LogP contribution in [0, 0.1) is 6.42 Å². The van der Waals surface area contributed by atoms with Crippen molar-refractivity contribution in [2.45, 2.75) is 26.9 Å². The highest BCUT2D eigenvalue weighted by atomic mass is 16.6. The van der Waals surface area contributed by atoms with Crippen LogP contribution >= 0.6 is 0 Å². The van der Waals surface area contributed by atoms with Crippen LogP contribution in [0.25, 0.3) is 0 Å². The maximum Gasteiger partial charge on any atom is 0.344 e. The van der Waals surface area contributed by atoms with E-state index in [1.807, 2.05) is 0 Å². The fraction of sp³-hybridized carbons (Fsp3) is 0.625. The third kappa shape index (κ3) is 5.70. The SMILES string of the molecule is C[CH]C(=O)OCC(=O)OC(C)C. The molecule has 12 heavy (non-hydrogen) atoms. The molecule has 0 fully saturated rings. The highest BCUT2D eigenvalue weighted by molar-refractivity contribution is 5.81. The van der Waals surface area contributed by atoms with Crippen molar-refractivity contribution in [1.29, 1.82) is 0 Å². The van der Waals surface area contributed by atoms with Gasteiger partial charge in [-0.1, -0.05) is 6.92 Å². The number of carbonyl (C=O) groups excluding carboxylic acids is 2. The number of ether oxygens (including phenoxy) is 2. The Labute approximate surface area is 71.8 Å². The van der Waals surface area contributed by atoms with Crippen molar-refractivity contribution in [2.24, 2.45) is 0 Å². The van der Waals surface area contributed by atoms with Crippen LogP contribution in [0.5, 0.6) is 0 Å². The standard InChI is InChI=1S/C8H13O4/c1-4-7(9)11-5-8(10)12-6(2)3/h4,6H,5H2,1-3H3. The molecule has 4 nitrogen and oxygen atoms in total. The molecule has 0 N–H and O–H groups in total. The molecule has 1 radical (unpaired) electrons. The Morgan fingerprint density at radius 2 is 2.00 bits per heavy atom. The Kier molecular flexibility index (Phi) is 5.08. The van der Waals surface area contributed by atoms with Gasteiger partial charge in [0.2, 0.25) is 0 Å². The first-order chi connectivity index (χ1) is 5.56. The average Bonchev–Trinajstić information content (AvgIpc) is 1.99. The minimum atomic E-state index is -0.528. The van der Waals surface area contributed by atoms with Gasteiger partial charge in [0.15, 0.2) is 6.61 Å². The van der Waals surface area contributed by atoms with E-state index in [-0.39, 0.29) is 12.7 Å². The average molecular weight is 173 g/mol. The summed E-state index contributed by atoms with van der Waals surface area (Å²) in [5.74, 6) is -1.05. The molecule has 0 amide bonds. The Hall–Kier alpha value is -1.06. The normalized spacial score (nSPS) is 9.67. The van der Waals surface area contributed by atoms with E-state index in [4.69, 9.17) is 4.74 Å². The molecule has 0 saturated carbocycles. The summed E-state index contributed by atoms with van der Waals surface area (Å²) in [7, 11) is 0. The monoisotopic (exact) mass is 173 g/mol.